The average Bonchev–Trinajstić information content (AvgIpc) is 3.38. The first-order valence-corrected chi connectivity index (χ1v) is 32.0. The average molecular weight is 1020 g/mol. The smallest absolute Gasteiger partial charge is 0.0633 e. The van der Waals surface area contributed by atoms with Gasteiger partial charge < -0.3 is 0 Å². The van der Waals surface area contributed by atoms with Crippen molar-refractivity contribution in [1.29, 1.82) is 0 Å². The number of hydrogen-bond acceptors (Lipinski definition) is 2. The van der Waals surface area contributed by atoms with Crippen molar-refractivity contribution in [2.24, 2.45) is 9.98 Å². The third-order valence-electron chi connectivity index (χ3n) is 15.5. The van der Waals surface area contributed by atoms with Crippen molar-refractivity contribution in [3.05, 3.63) is 59.7 Å². The van der Waals surface area contributed by atoms with E-state index in [4.69, 9.17) is 9.98 Å². The van der Waals surface area contributed by atoms with Crippen molar-refractivity contribution < 1.29 is 16.5 Å². The van der Waals surface area contributed by atoms with Crippen molar-refractivity contribution in [2.45, 2.75) is 349 Å². The zero-order valence-corrected chi connectivity index (χ0v) is 49.2. The van der Waals surface area contributed by atoms with Crippen molar-refractivity contribution in [2.75, 3.05) is 0 Å². The maximum atomic E-state index is 5.22. The van der Waals surface area contributed by atoms with E-state index < -0.39 is 0 Å². The monoisotopic (exact) mass is 1020 g/mol. The molecular formula is C68H120N2Ni. The second-order valence-electron chi connectivity index (χ2n) is 22.3. The number of aryl methyl sites for hydroxylation is 2. The molecule has 0 heterocycles. The molecule has 3 heteroatoms. The van der Waals surface area contributed by atoms with Gasteiger partial charge in [-0.25, -0.2) is 0 Å². The fourth-order valence-electron chi connectivity index (χ4n) is 10.6. The molecule has 2 nitrogen and oxygen atoms in total. The summed E-state index contributed by atoms with van der Waals surface area (Å²) >= 11 is 0. The first-order valence-electron chi connectivity index (χ1n) is 32.0. The maximum absolute atomic E-state index is 5.22. The molecule has 0 aliphatic rings. The number of hydrogen-bond donors (Lipinski definition) is 0. The van der Waals surface area contributed by atoms with Crippen LogP contribution in [0.3, 0.4) is 0 Å². The van der Waals surface area contributed by atoms with E-state index in [-0.39, 0.29) is 16.5 Å². The molecule has 0 amide bonds. The predicted molar refractivity (Wildman–Crippen MR) is 319 cm³/mol. The van der Waals surface area contributed by atoms with Gasteiger partial charge in [-0.05, 0) is 80.3 Å². The molecule has 0 bridgehead atoms. The Bertz CT molecular complexity index is 1430. The molecule has 0 fully saturated rings. The van der Waals surface area contributed by atoms with Gasteiger partial charge in [0.05, 0.1) is 22.8 Å². The summed E-state index contributed by atoms with van der Waals surface area (Å²) in [7, 11) is 0. The molecule has 0 aliphatic carbocycles. The molecule has 412 valence electrons. The van der Waals surface area contributed by atoms with Crippen molar-refractivity contribution in [3.63, 3.8) is 0 Å². The Balaban J connectivity index is 0.0000252. The zero-order chi connectivity index (χ0) is 49.9. The van der Waals surface area contributed by atoms with E-state index in [1.54, 1.807) is 0 Å². The third kappa shape index (κ3) is 42.2. The number of benzene rings is 2. The first-order chi connectivity index (χ1) is 34.7. The number of unbranched alkanes of at least 4 members (excludes halogenated alkanes) is 43. The van der Waals surface area contributed by atoms with Crippen LogP contribution in [-0.2, 0) is 29.3 Å². The summed E-state index contributed by atoms with van der Waals surface area (Å²) in [5.74, 6) is 0. The van der Waals surface area contributed by atoms with E-state index in [1.807, 2.05) is 0 Å². The quantitative estimate of drug-likeness (QED) is 0.0358. The summed E-state index contributed by atoms with van der Waals surface area (Å²) in [6, 6.07) is 18.2. The maximum Gasteiger partial charge on any atom is 0.0633 e. The molecule has 2 aromatic carbocycles. The standard InChI is InChI=1S/C68H120N2.Ni/c1-5-9-12-14-16-18-20-22-24-26-28-30-32-34-36-38-40-42-44-46-48-50-52-63-55-59-65(60-56-63)69-67(8-4)68(54-11-7-3)70-66-61-57-64(58-62-66)53-51-49-47-45-43-41-39-37-35-33-31-29-27-25-23-21-19-17-15-13-10-6-2;/h55-62H,5-54H2,1-4H3;/b69-67+,70-68+;. The zero-order valence-electron chi connectivity index (χ0n) is 48.2. The minimum absolute atomic E-state index is 0. The van der Waals surface area contributed by atoms with E-state index >= 15 is 0 Å². The minimum Gasteiger partial charge on any atom is -0.252 e. The Morgan fingerprint density at radius 3 is 0.690 bits per heavy atom. The van der Waals surface area contributed by atoms with E-state index in [0.717, 1.165) is 42.1 Å². The van der Waals surface area contributed by atoms with Gasteiger partial charge in [-0.2, -0.15) is 0 Å². The Morgan fingerprint density at radius 2 is 0.465 bits per heavy atom. The van der Waals surface area contributed by atoms with Crippen LogP contribution in [0, 0.1) is 0 Å². The molecule has 0 radical (unpaired) electrons. The molecule has 0 unspecified atom stereocenters. The Kier molecular flexibility index (Phi) is 50.3. The van der Waals surface area contributed by atoms with Crippen LogP contribution >= 0.6 is 0 Å². The van der Waals surface area contributed by atoms with E-state index in [9.17, 15) is 0 Å². The van der Waals surface area contributed by atoms with Crippen LogP contribution < -0.4 is 0 Å². The number of nitrogens with zero attached hydrogens (tertiary/aromatic N) is 2. The fourth-order valence-corrected chi connectivity index (χ4v) is 10.6. The molecule has 2 rings (SSSR count). The number of rotatable bonds is 53. The second kappa shape index (κ2) is 53.1. The molecule has 0 saturated carbocycles. The van der Waals surface area contributed by atoms with Crippen LogP contribution in [0.15, 0.2) is 58.5 Å². The summed E-state index contributed by atoms with van der Waals surface area (Å²) in [5, 5.41) is 0. The molecular weight excluding hydrogens is 903 g/mol. The summed E-state index contributed by atoms with van der Waals surface area (Å²) in [6.07, 6.45) is 69.9. The molecule has 0 aliphatic heterocycles. The van der Waals surface area contributed by atoms with Gasteiger partial charge in [-0.1, -0.05) is 328 Å². The van der Waals surface area contributed by atoms with Gasteiger partial charge in [-0.15, -0.1) is 0 Å². The Hall–Kier alpha value is -1.73. The summed E-state index contributed by atoms with van der Waals surface area (Å²) in [4.78, 5) is 10.4. The van der Waals surface area contributed by atoms with Crippen LogP contribution in [0.1, 0.15) is 347 Å². The van der Waals surface area contributed by atoms with Crippen LogP contribution in [0.4, 0.5) is 11.4 Å². The summed E-state index contributed by atoms with van der Waals surface area (Å²) in [6.45, 7) is 9.13. The summed E-state index contributed by atoms with van der Waals surface area (Å²) in [5.41, 5.74) is 7.34. The SMILES string of the molecule is CCCCCCCCCCCCCCCCCCCCCCCCc1ccc(/N=C(CC)/C(CCCC)=N/c2ccc(CCCCCCCCCCCCCCCCCCCCCCCC)cc2)cc1.[Ni]. The molecule has 2 aromatic rings. The van der Waals surface area contributed by atoms with Crippen molar-refractivity contribution in [1.82, 2.24) is 0 Å². The Morgan fingerprint density at radius 1 is 0.254 bits per heavy atom. The third-order valence-corrected chi connectivity index (χ3v) is 15.5. The van der Waals surface area contributed by atoms with E-state index in [1.165, 1.54) is 313 Å². The van der Waals surface area contributed by atoms with Gasteiger partial charge in [0.25, 0.3) is 0 Å². The molecule has 71 heavy (non-hydrogen) atoms. The molecule has 0 N–H and O–H groups in total. The van der Waals surface area contributed by atoms with Crippen LogP contribution in [0.5, 0.6) is 0 Å². The molecule has 0 spiro atoms. The topological polar surface area (TPSA) is 24.7 Å². The second-order valence-corrected chi connectivity index (χ2v) is 22.3. The van der Waals surface area contributed by atoms with Crippen LogP contribution in [0.2, 0.25) is 0 Å². The van der Waals surface area contributed by atoms with Gasteiger partial charge in [0.1, 0.15) is 0 Å². The van der Waals surface area contributed by atoms with Crippen LogP contribution in [-0.4, -0.2) is 11.4 Å². The van der Waals surface area contributed by atoms with Crippen LogP contribution in [0.25, 0.3) is 0 Å². The van der Waals surface area contributed by atoms with Gasteiger partial charge in [0.2, 0.25) is 0 Å². The fraction of sp³-hybridized carbons (Fsp3) is 0.794. The predicted octanol–water partition coefficient (Wildman–Crippen LogP) is 24.4. The van der Waals surface area contributed by atoms with Gasteiger partial charge >= 0.3 is 0 Å². The largest absolute Gasteiger partial charge is 0.252 e. The van der Waals surface area contributed by atoms with Crippen molar-refractivity contribution in [3.8, 4) is 0 Å². The van der Waals surface area contributed by atoms with Gasteiger partial charge in [0, 0.05) is 16.5 Å². The number of aliphatic imine (C=N–C) groups is 2. The van der Waals surface area contributed by atoms with E-state index in [2.05, 4.69) is 76.2 Å². The molecule has 0 saturated heterocycles. The van der Waals surface area contributed by atoms with Crippen molar-refractivity contribution >= 4 is 22.8 Å². The Labute approximate surface area is 455 Å². The minimum atomic E-state index is 0. The molecule has 0 atom stereocenters. The molecule has 0 aromatic heterocycles. The van der Waals surface area contributed by atoms with E-state index in [0.29, 0.717) is 0 Å². The van der Waals surface area contributed by atoms with Gasteiger partial charge in [0.15, 0.2) is 0 Å². The summed E-state index contributed by atoms with van der Waals surface area (Å²) < 4.78 is 0. The normalized spacial score (nSPS) is 12.0. The first kappa shape index (κ1) is 67.3. The van der Waals surface area contributed by atoms with Gasteiger partial charge in [-0.3, -0.25) is 9.98 Å².